The Morgan fingerprint density at radius 1 is 1.32 bits per heavy atom. The molecule has 1 aliphatic carbocycles. The zero-order chi connectivity index (χ0) is 17.6. The average molecular weight is 459 g/mol. The van der Waals surface area contributed by atoms with Gasteiger partial charge in [-0.3, -0.25) is 4.99 Å². The van der Waals surface area contributed by atoms with Gasteiger partial charge in [-0.15, -0.1) is 24.0 Å². The minimum atomic E-state index is 0. The van der Waals surface area contributed by atoms with Crippen LogP contribution in [-0.2, 0) is 6.54 Å². The third kappa shape index (κ3) is 6.64. The lowest BCUT2D eigenvalue weighted by molar-refractivity contribution is 0.104. The van der Waals surface area contributed by atoms with Crippen LogP contribution in [-0.4, -0.2) is 38.6 Å². The van der Waals surface area contributed by atoms with E-state index in [0.717, 1.165) is 30.8 Å². The Hall–Kier alpha value is -1.05. The predicted molar refractivity (Wildman–Crippen MR) is 118 cm³/mol. The van der Waals surface area contributed by atoms with Gasteiger partial charge in [0.2, 0.25) is 0 Å². The summed E-state index contributed by atoms with van der Waals surface area (Å²) in [7, 11) is 5.85. The minimum absolute atomic E-state index is 0. The van der Waals surface area contributed by atoms with Gasteiger partial charge in [0.25, 0.3) is 0 Å². The van der Waals surface area contributed by atoms with Crippen LogP contribution >= 0.6 is 24.0 Å². The number of nitrogens with one attached hydrogen (secondary N) is 2. The van der Waals surface area contributed by atoms with Gasteiger partial charge < -0.3 is 15.5 Å². The molecule has 1 heterocycles. The summed E-state index contributed by atoms with van der Waals surface area (Å²) in [5.41, 5.74) is 1.68. The smallest absolute Gasteiger partial charge is 0.191 e. The van der Waals surface area contributed by atoms with Crippen LogP contribution in [0.2, 0.25) is 0 Å². The molecule has 0 unspecified atom stereocenters. The van der Waals surface area contributed by atoms with Crippen LogP contribution in [0.1, 0.15) is 45.1 Å². The van der Waals surface area contributed by atoms with Crippen molar-refractivity contribution in [3.8, 4) is 0 Å². The average Bonchev–Trinajstić information content (AvgIpc) is 2.52. The van der Waals surface area contributed by atoms with E-state index >= 15 is 0 Å². The van der Waals surface area contributed by atoms with E-state index in [-0.39, 0.29) is 24.0 Å². The standard InChI is InChI=1S/C19H33N5.HI/c1-15(2)12-19(8-6-9-19)14-23-18(20-3)22-13-16-7-10-21-17(11-16)24(4)5;/h7,10-11,15H,6,8-9,12-14H2,1-5H3,(H2,20,22,23);1H. The molecular formula is C19H34IN5. The molecule has 1 fully saturated rings. The maximum absolute atomic E-state index is 4.37. The summed E-state index contributed by atoms with van der Waals surface area (Å²) in [4.78, 5) is 10.7. The summed E-state index contributed by atoms with van der Waals surface area (Å²) in [6.07, 6.45) is 7.20. The molecule has 6 heteroatoms. The van der Waals surface area contributed by atoms with Gasteiger partial charge in [0.15, 0.2) is 5.96 Å². The number of nitrogens with zero attached hydrogens (tertiary/aromatic N) is 3. The van der Waals surface area contributed by atoms with E-state index in [9.17, 15) is 0 Å². The lowest BCUT2D eigenvalue weighted by Gasteiger charge is -2.43. The van der Waals surface area contributed by atoms with Crippen molar-refractivity contribution in [3.63, 3.8) is 0 Å². The molecule has 25 heavy (non-hydrogen) atoms. The topological polar surface area (TPSA) is 52.6 Å². The molecule has 1 saturated carbocycles. The summed E-state index contributed by atoms with van der Waals surface area (Å²) < 4.78 is 0. The lowest BCUT2D eigenvalue weighted by Crippen LogP contribution is -2.46. The maximum Gasteiger partial charge on any atom is 0.191 e. The maximum atomic E-state index is 4.37. The van der Waals surface area contributed by atoms with E-state index in [1.807, 2.05) is 38.3 Å². The Morgan fingerprint density at radius 2 is 2.04 bits per heavy atom. The monoisotopic (exact) mass is 459 g/mol. The SMILES string of the molecule is CN=C(NCc1ccnc(N(C)C)c1)NCC1(CC(C)C)CCC1.I. The normalized spacial score (nSPS) is 16.0. The van der Waals surface area contributed by atoms with Crippen molar-refractivity contribution < 1.29 is 0 Å². The quantitative estimate of drug-likeness (QED) is 0.372. The van der Waals surface area contributed by atoms with E-state index in [1.54, 1.807) is 0 Å². The second kappa shape index (κ2) is 10.2. The number of pyridine rings is 1. The van der Waals surface area contributed by atoms with Crippen molar-refractivity contribution in [3.05, 3.63) is 23.9 Å². The van der Waals surface area contributed by atoms with Crippen LogP contribution < -0.4 is 15.5 Å². The molecule has 0 amide bonds. The molecule has 142 valence electrons. The number of guanidine groups is 1. The molecule has 1 aromatic rings. The molecule has 0 atom stereocenters. The summed E-state index contributed by atoms with van der Waals surface area (Å²) in [6.45, 7) is 6.40. The van der Waals surface area contributed by atoms with Crippen LogP contribution in [0.4, 0.5) is 5.82 Å². The summed E-state index contributed by atoms with van der Waals surface area (Å²) in [5, 5.41) is 6.96. The van der Waals surface area contributed by atoms with Crippen molar-refractivity contribution in [1.82, 2.24) is 15.6 Å². The van der Waals surface area contributed by atoms with E-state index in [2.05, 4.69) is 40.5 Å². The first kappa shape index (κ1) is 22.0. The number of rotatable bonds is 7. The van der Waals surface area contributed by atoms with Gasteiger partial charge >= 0.3 is 0 Å². The third-order valence-corrected chi connectivity index (χ3v) is 4.84. The minimum Gasteiger partial charge on any atom is -0.363 e. The zero-order valence-corrected chi connectivity index (χ0v) is 18.6. The Bertz CT molecular complexity index is 553. The van der Waals surface area contributed by atoms with Crippen LogP contribution in [0.3, 0.4) is 0 Å². The van der Waals surface area contributed by atoms with Crippen molar-refractivity contribution in [2.24, 2.45) is 16.3 Å². The molecule has 0 aromatic carbocycles. The van der Waals surface area contributed by atoms with Gasteiger partial charge in [0.1, 0.15) is 5.82 Å². The van der Waals surface area contributed by atoms with Crippen LogP contribution in [0, 0.1) is 11.3 Å². The first-order valence-corrected chi connectivity index (χ1v) is 9.01. The first-order valence-electron chi connectivity index (χ1n) is 9.01. The fraction of sp³-hybridized carbons (Fsp3) is 0.684. The molecular weight excluding hydrogens is 425 g/mol. The van der Waals surface area contributed by atoms with Gasteiger partial charge in [-0.2, -0.15) is 0 Å². The van der Waals surface area contributed by atoms with Gasteiger partial charge in [-0.05, 0) is 48.3 Å². The number of aromatic nitrogens is 1. The zero-order valence-electron chi connectivity index (χ0n) is 16.3. The summed E-state index contributed by atoms with van der Waals surface area (Å²) in [6, 6.07) is 4.14. The van der Waals surface area contributed by atoms with E-state index in [0.29, 0.717) is 5.41 Å². The third-order valence-electron chi connectivity index (χ3n) is 4.84. The number of aliphatic imine (C=N–C) groups is 1. The molecule has 2 rings (SSSR count). The molecule has 0 spiro atoms. The highest BCUT2D eigenvalue weighted by atomic mass is 127. The summed E-state index contributed by atoms with van der Waals surface area (Å²) >= 11 is 0. The largest absolute Gasteiger partial charge is 0.363 e. The molecule has 5 nitrogen and oxygen atoms in total. The highest BCUT2D eigenvalue weighted by Crippen LogP contribution is 2.45. The van der Waals surface area contributed by atoms with Gasteiger partial charge in [0, 0.05) is 40.4 Å². The number of hydrogen-bond donors (Lipinski definition) is 2. The highest BCUT2D eigenvalue weighted by Gasteiger charge is 2.37. The van der Waals surface area contributed by atoms with E-state index < -0.39 is 0 Å². The molecule has 1 aliphatic rings. The fourth-order valence-electron chi connectivity index (χ4n) is 3.49. The molecule has 0 radical (unpaired) electrons. The highest BCUT2D eigenvalue weighted by molar-refractivity contribution is 14.0. The fourth-order valence-corrected chi connectivity index (χ4v) is 3.49. The Balaban J connectivity index is 0.00000312. The van der Waals surface area contributed by atoms with Crippen LogP contribution in [0.25, 0.3) is 0 Å². The Morgan fingerprint density at radius 3 is 2.56 bits per heavy atom. The number of halogens is 1. The Kier molecular flexibility index (Phi) is 8.96. The van der Waals surface area contributed by atoms with Crippen molar-refractivity contribution in [2.45, 2.75) is 46.1 Å². The number of anilines is 1. The van der Waals surface area contributed by atoms with Gasteiger partial charge in [-0.1, -0.05) is 20.3 Å². The van der Waals surface area contributed by atoms with Gasteiger partial charge in [0.05, 0.1) is 0 Å². The van der Waals surface area contributed by atoms with Crippen molar-refractivity contribution >= 4 is 35.8 Å². The summed E-state index contributed by atoms with van der Waals surface area (Å²) in [5.74, 6) is 2.61. The predicted octanol–water partition coefficient (Wildman–Crippen LogP) is 3.65. The molecule has 1 aromatic heterocycles. The molecule has 0 saturated heterocycles. The van der Waals surface area contributed by atoms with E-state index in [4.69, 9.17) is 0 Å². The molecule has 0 aliphatic heterocycles. The first-order chi connectivity index (χ1) is 11.4. The van der Waals surface area contributed by atoms with Gasteiger partial charge in [-0.25, -0.2) is 4.98 Å². The second-order valence-corrected chi connectivity index (χ2v) is 7.65. The lowest BCUT2D eigenvalue weighted by atomic mass is 9.64. The van der Waals surface area contributed by atoms with Crippen LogP contribution in [0.5, 0.6) is 0 Å². The molecule has 0 bridgehead atoms. The number of hydrogen-bond acceptors (Lipinski definition) is 3. The second-order valence-electron chi connectivity index (χ2n) is 7.65. The van der Waals surface area contributed by atoms with Crippen molar-refractivity contribution in [1.29, 1.82) is 0 Å². The van der Waals surface area contributed by atoms with Crippen LogP contribution in [0.15, 0.2) is 23.3 Å². The van der Waals surface area contributed by atoms with E-state index in [1.165, 1.54) is 31.2 Å². The van der Waals surface area contributed by atoms with Crippen molar-refractivity contribution in [2.75, 3.05) is 32.6 Å². The molecule has 2 N–H and O–H groups in total. The Labute approximate surface area is 170 Å².